The number of rotatable bonds is 9. The number of nitrogens with two attached hydrogens (primary N) is 1. The molecule has 0 saturated heterocycles. The number of hydrogen-bond acceptors (Lipinski definition) is 6. The van der Waals surface area contributed by atoms with Crippen LogP contribution in [0.15, 0.2) is 64.0 Å². The summed E-state index contributed by atoms with van der Waals surface area (Å²) in [5, 5.41) is 3.78. The molecule has 1 heterocycles. The van der Waals surface area contributed by atoms with Crippen molar-refractivity contribution in [2.45, 2.75) is 24.0 Å². The number of aryl methyl sites for hydroxylation is 1. The van der Waals surface area contributed by atoms with Crippen LogP contribution >= 0.6 is 24.2 Å². The fourth-order valence-corrected chi connectivity index (χ4v) is 3.54. The lowest BCUT2D eigenvalue weighted by molar-refractivity contribution is 0.0762. The summed E-state index contributed by atoms with van der Waals surface area (Å²) in [7, 11) is 0. The van der Waals surface area contributed by atoms with Gasteiger partial charge < -0.3 is 15.2 Å². The molecule has 0 unspecified atom stereocenters. The fourth-order valence-electron chi connectivity index (χ4n) is 2.80. The Balaban J connectivity index is 0.00000300. The van der Waals surface area contributed by atoms with Gasteiger partial charge in [0.05, 0.1) is 5.75 Å². The average Bonchev–Trinajstić information content (AvgIpc) is 3.15. The highest BCUT2D eigenvalue weighted by atomic mass is 35.5. The van der Waals surface area contributed by atoms with E-state index < -0.39 is 0 Å². The standard InChI is InChI=1S/C21H24N4O2S.ClH/c1-16-23-20(27-24-16)15-28-19-9-7-18(8-10-19)21(26)25(14-12-22)13-11-17-5-3-2-4-6-17;/h2-10H,11-15,22H2,1H3;1H. The van der Waals surface area contributed by atoms with Gasteiger partial charge in [-0.15, -0.1) is 24.2 Å². The van der Waals surface area contributed by atoms with Crippen LogP contribution in [0.1, 0.15) is 27.6 Å². The van der Waals surface area contributed by atoms with E-state index in [4.69, 9.17) is 10.3 Å². The van der Waals surface area contributed by atoms with E-state index in [1.807, 2.05) is 47.4 Å². The van der Waals surface area contributed by atoms with Crippen molar-refractivity contribution < 1.29 is 9.32 Å². The van der Waals surface area contributed by atoms with Gasteiger partial charge in [-0.25, -0.2) is 0 Å². The molecule has 6 nitrogen and oxygen atoms in total. The first-order valence-corrected chi connectivity index (χ1v) is 10.2. The van der Waals surface area contributed by atoms with E-state index >= 15 is 0 Å². The van der Waals surface area contributed by atoms with Crippen LogP contribution < -0.4 is 5.73 Å². The molecule has 0 bridgehead atoms. The van der Waals surface area contributed by atoms with Crippen LogP contribution in [0.25, 0.3) is 0 Å². The van der Waals surface area contributed by atoms with E-state index in [-0.39, 0.29) is 18.3 Å². The van der Waals surface area contributed by atoms with Crippen LogP contribution in [-0.2, 0) is 12.2 Å². The molecule has 1 aromatic heterocycles. The van der Waals surface area contributed by atoms with Gasteiger partial charge in [-0.1, -0.05) is 35.5 Å². The molecule has 0 spiro atoms. The van der Waals surface area contributed by atoms with Crippen LogP contribution in [0.4, 0.5) is 0 Å². The molecule has 0 aliphatic heterocycles. The molecule has 0 atom stereocenters. The van der Waals surface area contributed by atoms with E-state index in [1.54, 1.807) is 18.7 Å². The van der Waals surface area contributed by atoms with Crippen LogP contribution in [0.3, 0.4) is 0 Å². The molecule has 3 aromatic rings. The third-order valence-electron chi connectivity index (χ3n) is 4.23. The lowest BCUT2D eigenvalue weighted by Crippen LogP contribution is -2.36. The van der Waals surface area contributed by atoms with Gasteiger partial charge in [0.1, 0.15) is 0 Å². The van der Waals surface area contributed by atoms with E-state index in [2.05, 4.69) is 22.3 Å². The first-order valence-electron chi connectivity index (χ1n) is 9.21. The van der Waals surface area contributed by atoms with Gasteiger partial charge in [0.15, 0.2) is 5.82 Å². The van der Waals surface area contributed by atoms with E-state index in [9.17, 15) is 4.79 Å². The van der Waals surface area contributed by atoms with E-state index in [0.29, 0.717) is 42.7 Å². The van der Waals surface area contributed by atoms with Gasteiger partial charge in [0.2, 0.25) is 5.89 Å². The monoisotopic (exact) mass is 432 g/mol. The number of carbonyl (C=O) groups excluding carboxylic acids is 1. The molecule has 154 valence electrons. The Hall–Kier alpha value is -2.35. The summed E-state index contributed by atoms with van der Waals surface area (Å²) in [6.45, 7) is 3.42. The highest BCUT2D eigenvalue weighted by Gasteiger charge is 2.15. The van der Waals surface area contributed by atoms with Gasteiger partial charge in [-0.2, -0.15) is 4.98 Å². The Bertz CT molecular complexity index is 887. The lowest BCUT2D eigenvalue weighted by Gasteiger charge is -2.22. The molecule has 29 heavy (non-hydrogen) atoms. The minimum Gasteiger partial charge on any atom is -0.338 e. The van der Waals surface area contributed by atoms with Crippen molar-refractivity contribution in [1.29, 1.82) is 0 Å². The number of halogens is 1. The molecule has 0 radical (unpaired) electrons. The molecule has 3 rings (SSSR count). The summed E-state index contributed by atoms with van der Waals surface area (Å²) in [4.78, 5) is 19.9. The van der Waals surface area contributed by atoms with Crippen LogP contribution in [-0.4, -0.2) is 40.6 Å². The predicted octanol–water partition coefficient (Wildman–Crippen LogP) is 3.74. The van der Waals surface area contributed by atoms with Crippen LogP contribution in [0.2, 0.25) is 0 Å². The van der Waals surface area contributed by atoms with Crippen molar-refractivity contribution in [3.05, 3.63) is 77.4 Å². The molecule has 0 saturated carbocycles. The van der Waals surface area contributed by atoms with Crippen molar-refractivity contribution in [2.75, 3.05) is 19.6 Å². The number of aromatic nitrogens is 2. The predicted molar refractivity (Wildman–Crippen MR) is 117 cm³/mol. The third kappa shape index (κ3) is 6.88. The summed E-state index contributed by atoms with van der Waals surface area (Å²) in [5.41, 5.74) is 7.59. The zero-order valence-electron chi connectivity index (χ0n) is 16.3. The Morgan fingerprint density at radius 3 is 2.45 bits per heavy atom. The van der Waals surface area contributed by atoms with Crippen molar-refractivity contribution >= 4 is 30.1 Å². The summed E-state index contributed by atoms with van der Waals surface area (Å²) >= 11 is 1.59. The first kappa shape index (κ1) is 22.9. The topological polar surface area (TPSA) is 85.2 Å². The van der Waals surface area contributed by atoms with Gasteiger partial charge >= 0.3 is 0 Å². The number of carbonyl (C=O) groups is 1. The Labute approximate surface area is 181 Å². The van der Waals surface area contributed by atoms with Gasteiger partial charge in [-0.05, 0) is 43.2 Å². The number of hydrogen-bond donors (Lipinski definition) is 1. The molecule has 2 aromatic carbocycles. The molecule has 2 N–H and O–H groups in total. The minimum absolute atomic E-state index is 0. The Morgan fingerprint density at radius 2 is 1.83 bits per heavy atom. The number of nitrogens with zero attached hydrogens (tertiary/aromatic N) is 3. The summed E-state index contributed by atoms with van der Waals surface area (Å²) in [6, 6.07) is 17.8. The highest BCUT2D eigenvalue weighted by Crippen LogP contribution is 2.22. The van der Waals surface area contributed by atoms with Crippen molar-refractivity contribution in [3.8, 4) is 0 Å². The molecule has 8 heteroatoms. The molecular weight excluding hydrogens is 408 g/mol. The quantitative estimate of drug-likeness (QED) is 0.518. The maximum Gasteiger partial charge on any atom is 0.253 e. The molecule has 0 aliphatic carbocycles. The lowest BCUT2D eigenvalue weighted by atomic mass is 10.1. The number of amides is 1. The Kier molecular flexibility index (Phi) is 9.18. The smallest absolute Gasteiger partial charge is 0.253 e. The second-order valence-electron chi connectivity index (χ2n) is 6.36. The van der Waals surface area contributed by atoms with E-state index in [1.165, 1.54) is 5.56 Å². The van der Waals surface area contributed by atoms with Gasteiger partial charge in [-0.3, -0.25) is 4.79 Å². The van der Waals surface area contributed by atoms with Crippen molar-refractivity contribution in [3.63, 3.8) is 0 Å². The summed E-state index contributed by atoms with van der Waals surface area (Å²) < 4.78 is 5.12. The molecular formula is C21H25ClN4O2S. The van der Waals surface area contributed by atoms with E-state index in [0.717, 1.165) is 11.3 Å². The minimum atomic E-state index is 0. The maximum atomic E-state index is 12.9. The highest BCUT2D eigenvalue weighted by molar-refractivity contribution is 7.98. The molecule has 0 fully saturated rings. The zero-order chi connectivity index (χ0) is 19.8. The second-order valence-corrected chi connectivity index (χ2v) is 7.41. The normalized spacial score (nSPS) is 10.4. The number of thioether (sulfide) groups is 1. The zero-order valence-corrected chi connectivity index (χ0v) is 17.9. The maximum absolute atomic E-state index is 12.9. The molecule has 0 aliphatic rings. The van der Waals surface area contributed by atoms with Gasteiger partial charge in [0, 0.05) is 30.1 Å². The fraction of sp³-hybridized carbons (Fsp3) is 0.286. The van der Waals surface area contributed by atoms with Crippen molar-refractivity contribution in [2.24, 2.45) is 5.73 Å². The Morgan fingerprint density at radius 1 is 1.10 bits per heavy atom. The van der Waals surface area contributed by atoms with Crippen LogP contribution in [0.5, 0.6) is 0 Å². The number of benzene rings is 2. The van der Waals surface area contributed by atoms with Crippen molar-refractivity contribution in [1.82, 2.24) is 15.0 Å². The largest absolute Gasteiger partial charge is 0.338 e. The second kappa shape index (κ2) is 11.6. The SMILES string of the molecule is Cc1noc(CSc2ccc(C(=O)N(CCN)CCc3ccccc3)cc2)n1.Cl. The third-order valence-corrected chi connectivity index (χ3v) is 5.23. The first-order chi connectivity index (χ1) is 13.7. The van der Waals surface area contributed by atoms with Gasteiger partial charge in [0.25, 0.3) is 5.91 Å². The molecule has 1 amide bonds. The summed E-state index contributed by atoms with van der Waals surface area (Å²) in [5.74, 6) is 1.83. The van der Waals surface area contributed by atoms with Crippen LogP contribution in [0, 0.1) is 6.92 Å². The average molecular weight is 433 g/mol. The summed E-state index contributed by atoms with van der Waals surface area (Å²) in [6.07, 6.45) is 0.810.